The molecule has 0 aliphatic heterocycles. The number of rotatable bonds is 1. The fourth-order valence-corrected chi connectivity index (χ4v) is 1.10. The van der Waals surface area contributed by atoms with Gasteiger partial charge in [-0.3, -0.25) is 4.48 Å². The maximum absolute atomic E-state index is 12.3. The van der Waals surface area contributed by atoms with Crippen molar-refractivity contribution in [1.82, 2.24) is 4.48 Å². The van der Waals surface area contributed by atoms with Crippen LogP contribution in [0.4, 0.5) is 18.9 Å². The Morgan fingerprint density at radius 3 is 1.48 bits per heavy atom. The molecule has 7 heteroatoms. The van der Waals surface area contributed by atoms with Crippen molar-refractivity contribution in [3.8, 4) is 0 Å². The Morgan fingerprint density at radius 1 is 0.810 bits per heavy atom. The van der Waals surface area contributed by atoms with Gasteiger partial charge >= 0.3 is 6.18 Å². The first kappa shape index (κ1) is 24.8. The van der Waals surface area contributed by atoms with E-state index in [0.29, 0.717) is 10.2 Å². The van der Waals surface area contributed by atoms with Crippen LogP contribution in [-0.2, 0) is 6.18 Å². The summed E-state index contributed by atoms with van der Waals surface area (Å²) < 4.78 is 38.4. The summed E-state index contributed by atoms with van der Waals surface area (Å²) in [5.41, 5.74) is 0.0443. The fraction of sp³-hybridized carbons (Fsp3) is 0.571. The molecular formula is C14H27F3N2O2. The van der Waals surface area contributed by atoms with Crippen LogP contribution in [0.15, 0.2) is 24.3 Å². The number of halogens is 3. The zero-order valence-electron chi connectivity index (χ0n) is 13.7. The Hall–Kier alpha value is -1.15. The monoisotopic (exact) mass is 312 g/mol. The fourth-order valence-electron chi connectivity index (χ4n) is 1.10. The number of nitrogens with zero attached hydrogens (tertiary/aromatic N) is 2. The van der Waals surface area contributed by atoms with E-state index in [2.05, 4.69) is 28.2 Å². The molecule has 21 heavy (non-hydrogen) atoms. The molecule has 0 saturated heterocycles. The Balaban J connectivity index is -0.000000405. The highest BCUT2D eigenvalue weighted by atomic mass is 19.4. The minimum Gasteiger partial charge on any atom is -0.870 e. The average Bonchev–Trinajstić information content (AvgIpc) is 2.12. The lowest BCUT2D eigenvalue weighted by Gasteiger charge is -2.24. The van der Waals surface area contributed by atoms with Gasteiger partial charge in [-0.25, -0.2) is 0 Å². The molecule has 0 radical (unpaired) electrons. The SMILES string of the molecule is C[N+](C)(C)C.C[N+](C)(C)c1cccc(C(F)(F)F)c1.[OH-].[OH-]. The van der Waals surface area contributed by atoms with Gasteiger partial charge in [-0.15, -0.1) is 0 Å². The van der Waals surface area contributed by atoms with E-state index in [-0.39, 0.29) is 11.0 Å². The summed E-state index contributed by atoms with van der Waals surface area (Å²) in [7, 11) is 14.0. The van der Waals surface area contributed by atoms with Crippen LogP contribution in [0.2, 0.25) is 0 Å². The first-order valence-electron chi connectivity index (χ1n) is 5.99. The van der Waals surface area contributed by atoms with Crippen molar-refractivity contribution in [3.05, 3.63) is 29.8 Å². The minimum absolute atomic E-state index is 0. The third kappa shape index (κ3) is 12.3. The van der Waals surface area contributed by atoms with E-state index in [0.717, 1.165) is 10.5 Å². The smallest absolute Gasteiger partial charge is 0.416 e. The molecule has 0 aromatic heterocycles. The van der Waals surface area contributed by atoms with Gasteiger partial charge in [0.15, 0.2) is 0 Å². The predicted molar refractivity (Wildman–Crippen MR) is 78.8 cm³/mol. The van der Waals surface area contributed by atoms with Gasteiger partial charge in [0.05, 0.1) is 54.9 Å². The Labute approximate surface area is 125 Å². The van der Waals surface area contributed by atoms with Crippen molar-refractivity contribution < 1.29 is 28.6 Å². The van der Waals surface area contributed by atoms with Crippen LogP contribution in [-0.4, -0.2) is 64.8 Å². The van der Waals surface area contributed by atoms with Crippen molar-refractivity contribution in [3.63, 3.8) is 0 Å². The zero-order valence-corrected chi connectivity index (χ0v) is 13.7. The number of alkyl halides is 3. The lowest BCUT2D eigenvalue weighted by molar-refractivity contribution is -0.849. The van der Waals surface area contributed by atoms with Crippen LogP contribution in [0.25, 0.3) is 0 Å². The molecule has 1 aromatic carbocycles. The van der Waals surface area contributed by atoms with Gasteiger partial charge in [0.1, 0.15) is 5.69 Å². The molecule has 0 bridgehead atoms. The molecular weight excluding hydrogens is 285 g/mol. The highest BCUT2D eigenvalue weighted by molar-refractivity contribution is 5.44. The molecule has 2 N–H and O–H groups in total. The number of benzene rings is 1. The molecule has 0 saturated carbocycles. The number of hydrogen-bond donors (Lipinski definition) is 0. The van der Waals surface area contributed by atoms with E-state index in [1.807, 2.05) is 21.1 Å². The van der Waals surface area contributed by atoms with Gasteiger partial charge in [0.25, 0.3) is 0 Å². The van der Waals surface area contributed by atoms with Gasteiger partial charge in [-0.05, 0) is 12.1 Å². The van der Waals surface area contributed by atoms with E-state index >= 15 is 0 Å². The van der Waals surface area contributed by atoms with Crippen molar-refractivity contribution in [2.75, 3.05) is 49.3 Å². The Bertz CT molecular complexity index is 373. The molecule has 0 aliphatic carbocycles. The molecule has 0 heterocycles. The van der Waals surface area contributed by atoms with E-state index < -0.39 is 11.7 Å². The van der Waals surface area contributed by atoms with Crippen LogP contribution >= 0.6 is 0 Å². The van der Waals surface area contributed by atoms with E-state index in [1.165, 1.54) is 12.1 Å². The molecule has 0 atom stereocenters. The van der Waals surface area contributed by atoms with Crippen molar-refractivity contribution in [2.45, 2.75) is 6.18 Å². The van der Waals surface area contributed by atoms with Crippen molar-refractivity contribution in [2.24, 2.45) is 0 Å². The van der Waals surface area contributed by atoms with E-state index in [4.69, 9.17) is 0 Å². The molecule has 1 rings (SSSR count). The molecule has 1 aromatic rings. The summed E-state index contributed by atoms with van der Waals surface area (Å²) in [5, 5.41) is 0. The van der Waals surface area contributed by atoms with E-state index in [1.54, 1.807) is 6.07 Å². The van der Waals surface area contributed by atoms with Crippen LogP contribution in [0.3, 0.4) is 0 Å². The molecule has 0 fully saturated rings. The Morgan fingerprint density at radius 2 is 1.19 bits per heavy atom. The lowest BCUT2D eigenvalue weighted by atomic mass is 10.2. The maximum Gasteiger partial charge on any atom is 0.416 e. The largest absolute Gasteiger partial charge is 0.870 e. The zero-order chi connectivity index (χ0) is 15.5. The summed E-state index contributed by atoms with van der Waals surface area (Å²) in [6.45, 7) is 0. The Kier molecular flexibility index (Phi) is 9.86. The quantitative estimate of drug-likeness (QED) is 0.749. The third-order valence-electron chi connectivity index (χ3n) is 1.95. The van der Waals surface area contributed by atoms with Crippen LogP contribution < -0.4 is 4.48 Å². The van der Waals surface area contributed by atoms with Gasteiger partial charge < -0.3 is 15.4 Å². The van der Waals surface area contributed by atoms with Crippen LogP contribution in [0, 0.1) is 0 Å². The van der Waals surface area contributed by atoms with Gasteiger partial charge in [-0.2, -0.15) is 13.2 Å². The average molecular weight is 312 g/mol. The predicted octanol–water partition coefficient (Wildman–Crippen LogP) is 2.87. The standard InChI is InChI=1S/C10H13F3N.C4H12N.2H2O/c1-14(2,3)9-6-4-5-8(7-9)10(11,12)13;1-5(2,3)4;;/h4-7H,1-3H3;1-4H3;2*1H2/q2*+1;;/p-2. The first-order valence-corrected chi connectivity index (χ1v) is 5.99. The third-order valence-corrected chi connectivity index (χ3v) is 1.95. The molecule has 4 nitrogen and oxygen atoms in total. The van der Waals surface area contributed by atoms with Gasteiger partial charge in [-0.1, -0.05) is 6.07 Å². The molecule has 0 spiro atoms. The summed E-state index contributed by atoms with van der Waals surface area (Å²) in [6, 6.07) is 5.38. The van der Waals surface area contributed by atoms with Gasteiger partial charge in [0, 0.05) is 6.07 Å². The maximum atomic E-state index is 12.3. The summed E-state index contributed by atoms with van der Waals surface area (Å²) in [6.07, 6.45) is -4.26. The summed E-state index contributed by atoms with van der Waals surface area (Å²) in [4.78, 5) is 0. The summed E-state index contributed by atoms with van der Waals surface area (Å²) in [5.74, 6) is 0. The molecule has 126 valence electrons. The normalized spacial score (nSPS) is 11.5. The van der Waals surface area contributed by atoms with Crippen LogP contribution in [0.5, 0.6) is 0 Å². The van der Waals surface area contributed by atoms with Crippen molar-refractivity contribution in [1.29, 1.82) is 0 Å². The lowest BCUT2D eigenvalue weighted by Crippen LogP contribution is -2.34. The second-order valence-corrected chi connectivity index (χ2v) is 6.74. The highest BCUT2D eigenvalue weighted by Gasteiger charge is 2.31. The second kappa shape index (κ2) is 8.33. The minimum atomic E-state index is -4.26. The van der Waals surface area contributed by atoms with E-state index in [9.17, 15) is 13.2 Å². The highest BCUT2D eigenvalue weighted by Crippen LogP contribution is 2.32. The molecule has 0 unspecified atom stereocenters. The molecule has 0 amide bonds. The van der Waals surface area contributed by atoms with Crippen molar-refractivity contribution >= 4 is 5.69 Å². The summed E-state index contributed by atoms with van der Waals surface area (Å²) >= 11 is 0. The first-order chi connectivity index (χ1) is 8.21. The number of hydrogen-bond acceptors (Lipinski definition) is 2. The molecule has 0 aliphatic rings. The topological polar surface area (TPSA) is 60.0 Å². The van der Waals surface area contributed by atoms with Gasteiger partial charge in [0.2, 0.25) is 0 Å². The number of quaternary nitrogens is 2. The van der Waals surface area contributed by atoms with Crippen LogP contribution in [0.1, 0.15) is 5.56 Å². The second-order valence-electron chi connectivity index (χ2n) is 6.74.